The Balaban J connectivity index is 2.21. The Morgan fingerprint density at radius 3 is 1.95 bits per heavy atom. The van der Waals surface area contributed by atoms with Crippen LogP contribution in [-0.2, 0) is 10.0 Å². The fourth-order valence-electron chi connectivity index (χ4n) is 1.60. The first kappa shape index (κ1) is 14.8. The highest BCUT2D eigenvalue weighted by Gasteiger charge is 2.14. The number of nitrogens with two attached hydrogens (primary N) is 1. The van der Waals surface area contributed by atoms with Gasteiger partial charge in [-0.15, -0.1) is 0 Å². The van der Waals surface area contributed by atoms with Crippen LogP contribution in [0.2, 0.25) is 0 Å². The van der Waals surface area contributed by atoms with E-state index in [0.717, 1.165) is 0 Å². The first-order chi connectivity index (χ1) is 9.92. The van der Waals surface area contributed by atoms with Gasteiger partial charge in [0.1, 0.15) is 0 Å². The largest absolute Gasteiger partial charge is 0.324 e. The number of sulfonamides is 1. The number of nitro benzene ring substituents is 1. The predicted octanol–water partition coefficient (Wildman–Crippen LogP) is 1.68. The minimum absolute atomic E-state index is 0.0554. The summed E-state index contributed by atoms with van der Waals surface area (Å²) in [4.78, 5) is 10.0. The lowest BCUT2D eigenvalue weighted by Crippen LogP contribution is -2.13. The van der Waals surface area contributed by atoms with Gasteiger partial charge in [-0.1, -0.05) is 0 Å². The SMILES string of the molecule is NNc1ccc(S(=O)(=O)Nc2ccc([N+](=O)[O-])cc2)cc1. The molecule has 0 atom stereocenters. The van der Waals surface area contributed by atoms with Gasteiger partial charge in [0.05, 0.1) is 9.82 Å². The Morgan fingerprint density at radius 1 is 0.952 bits per heavy atom. The van der Waals surface area contributed by atoms with Crippen LogP contribution in [0.25, 0.3) is 0 Å². The molecule has 0 saturated carbocycles. The van der Waals surface area contributed by atoms with Gasteiger partial charge in [-0.25, -0.2) is 8.42 Å². The molecule has 2 aromatic carbocycles. The van der Waals surface area contributed by atoms with Crippen molar-refractivity contribution in [1.82, 2.24) is 0 Å². The van der Waals surface area contributed by atoms with E-state index in [1.807, 2.05) is 0 Å². The maximum Gasteiger partial charge on any atom is 0.269 e. The third-order valence-electron chi connectivity index (χ3n) is 2.66. The van der Waals surface area contributed by atoms with Crippen LogP contribution < -0.4 is 16.0 Å². The normalized spacial score (nSPS) is 10.9. The first-order valence-corrected chi connectivity index (χ1v) is 7.24. The number of hydrazine groups is 1. The number of nitrogens with zero attached hydrogens (tertiary/aromatic N) is 1. The van der Waals surface area contributed by atoms with Crippen molar-refractivity contribution in [1.29, 1.82) is 0 Å². The van der Waals surface area contributed by atoms with E-state index in [-0.39, 0.29) is 16.3 Å². The van der Waals surface area contributed by atoms with Gasteiger partial charge < -0.3 is 5.43 Å². The number of hydrogen-bond acceptors (Lipinski definition) is 6. The highest BCUT2D eigenvalue weighted by Crippen LogP contribution is 2.20. The van der Waals surface area contributed by atoms with E-state index in [1.165, 1.54) is 48.5 Å². The molecule has 21 heavy (non-hydrogen) atoms. The summed E-state index contributed by atoms with van der Waals surface area (Å²) in [7, 11) is -3.76. The Kier molecular flexibility index (Phi) is 4.05. The second-order valence-electron chi connectivity index (χ2n) is 4.08. The van der Waals surface area contributed by atoms with Gasteiger partial charge in [-0.3, -0.25) is 20.7 Å². The van der Waals surface area contributed by atoms with Crippen molar-refractivity contribution < 1.29 is 13.3 Å². The molecule has 0 spiro atoms. The maximum atomic E-state index is 12.1. The summed E-state index contributed by atoms with van der Waals surface area (Å²) < 4.78 is 26.6. The van der Waals surface area contributed by atoms with Gasteiger partial charge in [-0.2, -0.15) is 0 Å². The van der Waals surface area contributed by atoms with Crippen molar-refractivity contribution in [2.75, 3.05) is 10.1 Å². The van der Waals surface area contributed by atoms with Crippen molar-refractivity contribution in [3.8, 4) is 0 Å². The van der Waals surface area contributed by atoms with Crippen molar-refractivity contribution in [2.24, 2.45) is 5.84 Å². The molecule has 9 heteroatoms. The molecular weight excluding hydrogens is 296 g/mol. The molecule has 8 nitrogen and oxygen atoms in total. The summed E-state index contributed by atoms with van der Waals surface area (Å²) in [6.45, 7) is 0. The van der Waals surface area contributed by atoms with Gasteiger partial charge in [0, 0.05) is 23.5 Å². The predicted molar refractivity (Wildman–Crippen MR) is 78.2 cm³/mol. The Hall–Kier alpha value is -2.65. The van der Waals surface area contributed by atoms with Crippen LogP contribution in [0.1, 0.15) is 0 Å². The standard InChI is InChI=1S/C12H12N4O4S/c13-14-9-3-7-12(8-4-9)21(19,20)15-10-1-5-11(6-2-10)16(17)18/h1-8,14-15H,13H2. The number of nitrogens with one attached hydrogen (secondary N) is 2. The molecule has 110 valence electrons. The second-order valence-corrected chi connectivity index (χ2v) is 5.76. The van der Waals surface area contributed by atoms with Gasteiger partial charge in [-0.05, 0) is 36.4 Å². The third-order valence-corrected chi connectivity index (χ3v) is 4.06. The van der Waals surface area contributed by atoms with E-state index in [1.54, 1.807) is 0 Å². The Morgan fingerprint density at radius 2 is 1.48 bits per heavy atom. The van der Waals surface area contributed by atoms with Crippen LogP contribution >= 0.6 is 0 Å². The number of nitro groups is 1. The van der Waals surface area contributed by atoms with Crippen LogP contribution in [0.3, 0.4) is 0 Å². The van der Waals surface area contributed by atoms with Crippen molar-refractivity contribution in [3.05, 3.63) is 58.6 Å². The van der Waals surface area contributed by atoms with E-state index in [9.17, 15) is 18.5 Å². The lowest BCUT2D eigenvalue weighted by Gasteiger charge is -2.08. The molecule has 2 rings (SSSR count). The molecule has 0 aliphatic heterocycles. The summed E-state index contributed by atoms with van der Waals surface area (Å²) in [5.41, 5.74) is 3.09. The van der Waals surface area contributed by atoms with E-state index in [4.69, 9.17) is 5.84 Å². The molecule has 0 saturated heterocycles. The number of nitrogen functional groups attached to an aromatic ring is 1. The number of benzene rings is 2. The highest BCUT2D eigenvalue weighted by molar-refractivity contribution is 7.92. The Bertz CT molecular complexity index is 742. The van der Waals surface area contributed by atoms with Crippen LogP contribution in [0.15, 0.2) is 53.4 Å². The van der Waals surface area contributed by atoms with Gasteiger partial charge in [0.2, 0.25) is 0 Å². The molecule has 0 aliphatic rings. The monoisotopic (exact) mass is 308 g/mol. The smallest absolute Gasteiger partial charge is 0.269 e. The number of non-ortho nitro benzene ring substituents is 1. The molecule has 0 bridgehead atoms. The zero-order valence-corrected chi connectivity index (χ0v) is 11.5. The van der Waals surface area contributed by atoms with Gasteiger partial charge >= 0.3 is 0 Å². The summed E-state index contributed by atoms with van der Waals surface area (Å²) in [6, 6.07) is 10.9. The fraction of sp³-hybridized carbons (Fsp3) is 0. The third kappa shape index (κ3) is 3.46. The minimum Gasteiger partial charge on any atom is -0.324 e. The fourth-order valence-corrected chi connectivity index (χ4v) is 2.65. The van der Waals surface area contributed by atoms with Crippen LogP contribution in [-0.4, -0.2) is 13.3 Å². The van der Waals surface area contributed by atoms with Crippen LogP contribution in [0.4, 0.5) is 17.1 Å². The summed E-state index contributed by atoms with van der Waals surface area (Å²) in [5.74, 6) is 5.20. The van der Waals surface area contributed by atoms with Crippen molar-refractivity contribution >= 4 is 27.1 Å². The van der Waals surface area contributed by atoms with E-state index in [2.05, 4.69) is 10.1 Å². The van der Waals surface area contributed by atoms with Gasteiger partial charge in [0.25, 0.3) is 15.7 Å². The average Bonchev–Trinajstić information content (AvgIpc) is 2.47. The van der Waals surface area contributed by atoms with E-state index >= 15 is 0 Å². The van der Waals surface area contributed by atoms with Crippen LogP contribution in [0.5, 0.6) is 0 Å². The molecule has 0 heterocycles. The van der Waals surface area contributed by atoms with E-state index in [0.29, 0.717) is 5.69 Å². The molecule has 0 aliphatic carbocycles. The summed E-state index contributed by atoms with van der Waals surface area (Å²) in [5, 5.41) is 10.5. The molecular formula is C12H12N4O4S. The summed E-state index contributed by atoms with van der Waals surface area (Å²) in [6.07, 6.45) is 0. The number of anilines is 2. The quantitative estimate of drug-likeness (QED) is 0.438. The maximum absolute atomic E-state index is 12.1. The zero-order valence-electron chi connectivity index (χ0n) is 10.7. The lowest BCUT2D eigenvalue weighted by atomic mass is 10.3. The van der Waals surface area contributed by atoms with Gasteiger partial charge in [0.15, 0.2) is 0 Å². The highest BCUT2D eigenvalue weighted by atomic mass is 32.2. The first-order valence-electron chi connectivity index (χ1n) is 5.76. The van der Waals surface area contributed by atoms with Crippen LogP contribution in [0, 0.1) is 10.1 Å². The second kappa shape index (κ2) is 5.77. The lowest BCUT2D eigenvalue weighted by molar-refractivity contribution is -0.384. The van der Waals surface area contributed by atoms with Crippen molar-refractivity contribution in [3.63, 3.8) is 0 Å². The molecule has 0 fully saturated rings. The summed E-state index contributed by atoms with van der Waals surface area (Å²) >= 11 is 0. The van der Waals surface area contributed by atoms with Crippen molar-refractivity contribution in [2.45, 2.75) is 4.90 Å². The molecule has 0 amide bonds. The number of rotatable bonds is 5. The number of hydrogen-bond donors (Lipinski definition) is 3. The molecule has 4 N–H and O–H groups in total. The average molecular weight is 308 g/mol. The zero-order chi connectivity index (χ0) is 15.5. The molecule has 2 aromatic rings. The molecule has 0 radical (unpaired) electrons. The molecule has 0 unspecified atom stereocenters. The Labute approximate surface area is 120 Å². The van der Waals surface area contributed by atoms with E-state index < -0.39 is 14.9 Å². The molecule has 0 aromatic heterocycles. The minimum atomic E-state index is -3.76. The topological polar surface area (TPSA) is 127 Å².